The van der Waals surface area contributed by atoms with E-state index in [0.717, 1.165) is 22.0 Å². The molecule has 0 fully saturated rings. The van der Waals surface area contributed by atoms with Gasteiger partial charge in [-0.1, -0.05) is 12.1 Å². The molecule has 5 heteroatoms. The zero-order valence-corrected chi connectivity index (χ0v) is 12.6. The predicted molar refractivity (Wildman–Crippen MR) is 87.6 cm³/mol. The van der Waals surface area contributed by atoms with Crippen molar-refractivity contribution in [2.24, 2.45) is 0 Å². The fourth-order valence-corrected chi connectivity index (χ4v) is 2.83. The summed E-state index contributed by atoms with van der Waals surface area (Å²) in [6, 6.07) is 13.7. The van der Waals surface area contributed by atoms with Crippen LogP contribution in [0.4, 0.5) is 10.1 Å². The molecule has 0 radical (unpaired) electrons. The Balaban J connectivity index is 1.59. The Morgan fingerprint density at radius 1 is 1.14 bits per heavy atom. The summed E-state index contributed by atoms with van der Waals surface area (Å²) in [4.78, 5) is 4.59. The van der Waals surface area contributed by atoms with Crippen molar-refractivity contribution in [3.05, 3.63) is 64.7 Å². The standard InChI is InChI=1S/C17H15FN2OS/c18-13-4-6-15(7-5-13)21-9-8-17-20-16(11-22-17)12-2-1-3-14(19)10-12/h1-7,10-11H,8-9,19H2. The average Bonchev–Trinajstić information content (AvgIpc) is 2.98. The van der Waals surface area contributed by atoms with Crippen molar-refractivity contribution in [1.29, 1.82) is 0 Å². The van der Waals surface area contributed by atoms with Gasteiger partial charge in [-0.3, -0.25) is 0 Å². The summed E-state index contributed by atoms with van der Waals surface area (Å²) in [7, 11) is 0. The van der Waals surface area contributed by atoms with Gasteiger partial charge in [0.15, 0.2) is 0 Å². The van der Waals surface area contributed by atoms with Crippen LogP contribution in [0.5, 0.6) is 5.75 Å². The van der Waals surface area contributed by atoms with Crippen LogP contribution in [0, 0.1) is 5.82 Å². The zero-order chi connectivity index (χ0) is 15.4. The van der Waals surface area contributed by atoms with Crippen molar-refractivity contribution >= 4 is 17.0 Å². The maximum Gasteiger partial charge on any atom is 0.123 e. The highest BCUT2D eigenvalue weighted by molar-refractivity contribution is 7.09. The van der Waals surface area contributed by atoms with Gasteiger partial charge in [0.2, 0.25) is 0 Å². The van der Waals surface area contributed by atoms with Crippen LogP contribution in [0.3, 0.4) is 0 Å². The smallest absolute Gasteiger partial charge is 0.123 e. The molecule has 1 heterocycles. The molecule has 0 bridgehead atoms. The summed E-state index contributed by atoms with van der Waals surface area (Å²) in [5.41, 5.74) is 8.46. The van der Waals surface area contributed by atoms with Crippen molar-refractivity contribution < 1.29 is 9.13 Å². The van der Waals surface area contributed by atoms with Crippen LogP contribution in [0.1, 0.15) is 5.01 Å². The van der Waals surface area contributed by atoms with E-state index in [2.05, 4.69) is 4.98 Å². The molecule has 0 aliphatic carbocycles. The normalized spacial score (nSPS) is 10.6. The zero-order valence-electron chi connectivity index (χ0n) is 11.8. The van der Waals surface area contributed by atoms with Crippen molar-refractivity contribution in [1.82, 2.24) is 4.98 Å². The topological polar surface area (TPSA) is 48.1 Å². The van der Waals surface area contributed by atoms with Gasteiger partial charge in [-0.05, 0) is 36.4 Å². The van der Waals surface area contributed by atoms with Crippen molar-refractivity contribution in [2.45, 2.75) is 6.42 Å². The van der Waals surface area contributed by atoms with Crippen LogP contribution < -0.4 is 10.5 Å². The molecule has 3 nitrogen and oxygen atoms in total. The number of hydrogen-bond acceptors (Lipinski definition) is 4. The number of thiazole rings is 1. The van der Waals surface area contributed by atoms with E-state index in [9.17, 15) is 4.39 Å². The molecule has 0 unspecified atom stereocenters. The van der Waals surface area contributed by atoms with Gasteiger partial charge in [-0.2, -0.15) is 0 Å². The highest BCUT2D eigenvalue weighted by Crippen LogP contribution is 2.24. The quantitative estimate of drug-likeness (QED) is 0.720. The fraction of sp³-hybridized carbons (Fsp3) is 0.118. The van der Waals surface area contributed by atoms with Gasteiger partial charge in [0.25, 0.3) is 0 Å². The molecule has 1 aromatic heterocycles. The summed E-state index contributed by atoms with van der Waals surface area (Å²) in [6.07, 6.45) is 0.713. The van der Waals surface area contributed by atoms with Gasteiger partial charge in [0.1, 0.15) is 11.6 Å². The Labute approximate surface area is 132 Å². The van der Waals surface area contributed by atoms with Crippen LogP contribution in [0.25, 0.3) is 11.3 Å². The summed E-state index contributed by atoms with van der Waals surface area (Å²) in [5.74, 6) is 0.396. The van der Waals surface area contributed by atoms with Gasteiger partial charge < -0.3 is 10.5 Å². The first-order valence-electron chi connectivity index (χ1n) is 6.89. The molecule has 112 valence electrons. The van der Waals surface area contributed by atoms with E-state index in [1.807, 2.05) is 29.6 Å². The molecule has 0 saturated heterocycles. The minimum atomic E-state index is -0.265. The van der Waals surface area contributed by atoms with Crippen molar-refractivity contribution in [2.75, 3.05) is 12.3 Å². The van der Waals surface area contributed by atoms with Gasteiger partial charge in [-0.15, -0.1) is 11.3 Å². The molecule has 0 aliphatic heterocycles. The van der Waals surface area contributed by atoms with Crippen molar-refractivity contribution in [3.63, 3.8) is 0 Å². The van der Waals surface area contributed by atoms with E-state index in [-0.39, 0.29) is 5.82 Å². The highest BCUT2D eigenvalue weighted by atomic mass is 32.1. The lowest BCUT2D eigenvalue weighted by Crippen LogP contribution is -2.01. The third kappa shape index (κ3) is 3.62. The molecule has 0 atom stereocenters. The maximum absolute atomic E-state index is 12.8. The van der Waals surface area contributed by atoms with E-state index in [4.69, 9.17) is 10.5 Å². The number of anilines is 1. The number of nitrogens with zero attached hydrogens (tertiary/aromatic N) is 1. The van der Waals surface area contributed by atoms with Crippen LogP contribution in [0.2, 0.25) is 0 Å². The first-order chi connectivity index (χ1) is 10.7. The van der Waals surface area contributed by atoms with E-state index >= 15 is 0 Å². The van der Waals surface area contributed by atoms with Gasteiger partial charge in [-0.25, -0.2) is 9.37 Å². The molecular formula is C17H15FN2OS. The number of nitrogens with two attached hydrogens (primary N) is 1. The Morgan fingerprint density at radius 3 is 2.73 bits per heavy atom. The Morgan fingerprint density at radius 2 is 1.95 bits per heavy atom. The first kappa shape index (κ1) is 14.5. The summed E-state index contributed by atoms with van der Waals surface area (Å²) >= 11 is 1.60. The number of ether oxygens (including phenoxy) is 1. The third-order valence-corrected chi connectivity index (χ3v) is 4.04. The first-order valence-corrected chi connectivity index (χ1v) is 7.77. The van der Waals surface area contributed by atoms with E-state index in [1.165, 1.54) is 12.1 Å². The number of benzene rings is 2. The number of halogens is 1. The molecule has 0 aliphatic rings. The highest BCUT2D eigenvalue weighted by Gasteiger charge is 2.05. The van der Waals surface area contributed by atoms with Crippen molar-refractivity contribution in [3.8, 4) is 17.0 Å². The number of hydrogen-bond donors (Lipinski definition) is 1. The number of aromatic nitrogens is 1. The monoisotopic (exact) mass is 314 g/mol. The molecule has 22 heavy (non-hydrogen) atoms. The van der Waals surface area contributed by atoms with Crippen LogP contribution in [0.15, 0.2) is 53.9 Å². The number of nitrogen functional groups attached to an aromatic ring is 1. The van der Waals surface area contributed by atoms with E-state index < -0.39 is 0 Å². The summed E-state index contributed by atoms with van der Waals surface area (Å²) < 4.78 is 18.4. The molecule has 2 N–H and O–H groups in total. The summed E-state index contributed by atoms with van der Waals surface area (Å²) in [5, 5.41) is 3.02. The fourth-order valence-electron chi connectivity index (χ4n) is 2.04. The molecule has 3 aromatic rings. The Kier molecular flexibility index (Phi) is 4.34. The predicted octanol–water partition coefficient (Wildman–Crippen LogP) is 4.15. The molecule has 0 spiro atoms. The van der Waals surface area contributed by atoms with Crippen LogP contribution >= 0.6 is 11.3 Å². The van der Waals surface area contributed by atoms with Crippen LogP contribution in [-0.2, 0) is 6.42 Å². The molecule has 3 rings (SSSR count). The minimum Gasteiger partial charge on any atom is -0.493 e. The van der Waals surface area contributed by atoms with Crippen LogP contribution in [-0.4, -0.2) is 11.6 Å². The lowest BCUT2D eigenvalue weighted by Gasteiger charge is -2.04. The second-order valence-corrected chi connectivity index (χ2v) is 5.75. The summed E-state index contributed by atoms with van der Waals surface area (Å²) in [6.45, 7) is 0.509. The molecule has 0 amide bonds. The minimum absolute atomic E-state index is 0.265. The van der Waals surface area contributed by atoms with Gasteiger partial charge >= 0.3 is 0 Å². The molecular weight excluding hydrogens is 299 g/mol. The number of rotatable bonds is 5. The van der Waals surface area contributed by atoms with Gasteiger partial charge in [0.05, 0.1) is 17.3 Å². The van der Waals surface area contributed by atoms with E-state index in [1.54, 1.807) is 23.5 Å². The molecule has 0 saturated carbocycles. The Bertz CT molecular complexity index is 755. The third-order valence-electron chi connectivity index (χ3n) is 3.13. The second kappa shape index (κ2) is 6.58. The largest absolute Gasteiger partial charge is 0.493 e. The second-order valence-electron chi connectivity index (χ2n) is 4.80. The Hall–Kier alpha value is -2.40. The van der Waals surface area contributed by atoms with E-state index in [0.29, 0.717) is 18.8 Å². The van der Waals surface area contributed by atoms with Gasteiger partial charge in [0, 0.05) is 23.1 Å². The SMILES string of the molecule is Nc1cccc(-c2csc(CCOc3ccc(F)cc3)n2)c1. The maximum atomic E-state index is 12.8. The molecule has 2 aromatic carbocycles. The average molecular weight is 314 g/mol. The lowest BCUT2D eigenvalue weighted by atomic mass is 10.1. The lowest BCUT2D eigenvalue weighted by molar-refractivity contribution is 0.321.